The van der Waals surface area contributed by atoms with Crippen LogP contribution >= 0.6 is 14.5 Å². The molecule has 1 fully saturated rings. The van der Waals surface area contributed by atoms with E-state index in [0.717, 1.165) is 78.7 Å². The minimum absolute atomic E-state index is 0.334. The Morgan fingerprint density at radius 1 is 0.692 bits per heavy atom. The molecule has 0 radical (unpaired) electrons. The SMILES string of the molecule is CCOP(C)(=O)c1cc(C#Cc2ccc(C)cc2)cc(CN2CCNCCN(Cc3cc(C#Cc4ccc(OC)cc4)cc(P(C)(C)=O)n3)CC2)n1. The summed E-state index contributed by atoms with van der Waals surface area (Å²) in [5.41, 5.74) is 7.17. The standard InChI is InChI=1S/C41H49N5O4P2/c1-7-50-52(6,48)41-29-36(15-12-33-10-8-32(2)9-11-33)27-38(44-41)31-46-23-21-42-20-22-45(24-25-46)30-37-26-35(28-40(43-37)51(4,5)47)14-13-34-16-18-39(49-3)19-17-34/h8-11,16-19,26-29,42H,7,20-25,30-31H2,1-6H3. The van der Waals surface area contributed by atoms with Crippen molar-refractivity contribution in [2.24, 2.45) is 0 Å². The lowest BCUT2D eigenvalue weighted by atomic mass is 10.1. The smallest absolute Gasteiger partial charge is 0.247 e. The van der Waals surface area contributed by atoms with E-state index < -0.39 is 14.5 Å². The van der Waals surface area contributed by atoms with E-state index in [4.69, 9.17) is 19.2 Å². The van der Waals surface area contributed by atoms with Crippen LogP contribution in [0.25, 0.3) is 0 Å². The van der Waals surface area contributed by atoms with E-state index in [-0.39, 0.29) is 0 Å². The van der Waals surface area contributed by atoms with Crippen LogP contribution in [-0.2, 0) is 26.7 Å². The molecule has 3 heterocycles. The molecule has 0 amide bonds. The third-order valence-corrected chi connectivity index (χ3v) is 11.8. The lowest BCUT2D eigenvalue weighted by Crippen LogP contribution is -2.36. The van der Waals surface area contributed by atoms with Crippen LogP contribution in [0.1, 0.15) is 46.1 Å². The molecule has 1 aliphatic heterocycles. The van der Waals surface area contributed by atoms with Crippen LogP contribution in [-0.4, -0.2) is 92.7 Å². The molecule has 9 nitrogen and oxygen atoms in total. The highest BCUT2D eigenvalue weighted by Crippen LogP contribution is 2.40. The van der Waals surface area contributed by atoms with Crippen molar-refractivity contribution in [2.75, 3.05) is 73.0 Å². The molecule has 0 aliphatic carbocycles. The van der Waals surface area contributed by atoms with E-state index >= 15 is 0 Å². The van der Waals surface area contributed by atoms with Gasteiger partial charge in [-0.15, -0.1) is 0 Å². The summed E-state index contributed by atoms with van der Waals surface area (Å²) < 4.78 is 37.7. The van der Waals surface area contributed by atoms with Crippen LogP contribution in [0.5, 0.6) is 5.75 Å². The fourth-order valence-electron chi connectivity index (χ4n) is 5.73. The normalized spacial score (nSPS) is 15.5. The number of hydrogen-bond acceptors (Lipinski definition) is 9. The maximum atomic E-state index is 13.5. The van der Waals surface area contributed by atoms with Crippen LogP contribution in [0.3, 0.4) is 0 Å². The van der Waals surface area contributed by atoms with Gasteiger partial charge in [0.05, 0.1) is 25.1 Å². The number of rotatable bonds is 9. The lowest BCUT2D eigenvalue weighted by Gasteiger charge is -2.26. The first-order chi connectivity index (χ1) is 24.9. The number of methoxy groups -OCH3 is 1. The number of hydrogen-bond donors (Lipinski definition) is 1. The highest BCUT2D eigenvalue weighted by molar-refractivity contribution is 7.69. The molecule has 2 aromatic heterocycles. The molecule has 1 N–H and O–H groups in total. The van der Waals surface area contributed by atoms with Crippen LogP contribution in [0, 0.1) is 30.6 Å². The Bertz CT molecular complexity index is 2060. The lowest BCUT2D eigenvalue weighted by molar-refractivity contribution is 0.207. The van der Waals surface area contributed by atoms with Gasteiger partial charge in [-0.2, -0.15) is 0 Å². The van der Waals surface area contributed by atoms with Gasteiger partial charge in [0.25, 0.3) is 0 Å². The summed E-state index contributed by atoms with van der Waals surface area (Å²) in [6, 6.07) is 23.4. The molecule has 0 saturated carbocycles. The average Bonchev–Trinajstić information content (AvgIpc) is 3.22. The Balaban J connectivity index is 1.35. The Kier molecular flexibility index (Phi) is 13.7. The molecule has 0 bridgehead atoms. The molecular weight excluding hydrogens is 688 g/mol. The zero-order chi connectivity index (χ0) is 37.1. The molecule has 11 heteroatoms. The topological polar surface area (TPSA) is 96.9 Å². The maximum Gasteiger partial charge on any atom is 0.247 e. The maximum absolute atomic E-state index is 13.5. The monoisotopic (exact) mass is 737 g/mol. The zero-order valence-corrected chi connectivity index (χ0v) is 32.9. The molecule has 1 unspecified atom stereocenters. The van der Waals surface area contributed by atoms with E-state index in [0.29, 0.717) is 30.6 Å². The van der Waals surface area contributed by atoms with Gasteiger partial charge in [0.1, 0.15) is 23.8 Å². The van der Waals surface area contributed by atoms with Crippen LogP contribution in [0.4, 0.5) is 0 Å². The molecule has 4 aromatic rings. The molecule has 272 valence electrons. The van der Waals surface area contributed by atoms with Crippen molar-refractivity contribution in [2.45, 2.75) is 26.9 Å². The highest BCUT2D eigenvalue weighted by atomic mass is 31.2. The Morgan fingerprint density at radius 3 is 1.67 bits per heavy atom. The zero-order valence-electron chi connectivity index (χ0n) is 31.1. The van der Waals surface area contributed by atoms with E-state index in [2.05, 4.69) is 45.7 Å². The summed E-state index contributed by atoms with van der Waals surface area (Å²) in [4.78, 5) is 14.4. The summed E-state index contributed by atoms with van der Waals surface area (Å²) in [7, 11) is -4.12. The van der Waals surface area contributed by atoms with Crippen molar-refractivity contribution in [1.29, 1.82) is 0 Å². The number of benzene rings is 2. The quantitative estimate of drug-likeness (QED) is 0.181. The highest BCUT2D eigenvalue weighted by Gasteiger charge is 2.23. The van der Waals surface area contributed by atoms with E-state index in [1.54, 1.807) is 33.2 Å². The first-order valence-electron chi connectivity index (χ1n) is 17.6. The van der Waals surface area contributed by atoms with Crippen molar-refractivity contribution in [3.05, 3.63) is 112 Å². The largest absolute Gasteiger partial charge is 0.497 e. The number of aromatic nitrogens is 2. The van der Waals surface area contributed by atoms with E-state index in [9.17, 15) is 9.13 Å². The molecule has 5 rings (SSSR count). The molecule has 1 atom stereocenters. The minimum atomic E-state index is -3.13. The Labute approximate surface area is 309 Å². The second kappa shape index (κ2) is 18.1. The van der Waals surface area contributed by atoms with Gasteiger partial charge in [-0.3, -0.25) is 14.4 Å². The predicted molar refractivity (Wildman–Crippen MR) is 212 cm³/mol. The average molecular weight is 738 g/mol. The number of pyridine rings is 2. The first-order valence-corrected chi connectivity index (χ1v) is 22.3. The summed E-state index contributed by atoms with van der Waals surface area (Å²) in [6.07, 6.45) is 0. The van der Waals surface area contributed by atoms with Crippen LogP contribution in [0.2, 0.25) is 0 Å². The Hall–Kier alpha value is -4.04. The van der Waals surface area contributed by atoms with Gasteiger partial charge in [-0.1, -0.05) is 41.4 Å². The van der Waals surface area contributed by atoms with Gasteiger partial charge in [-0.05, 0) is 87.8 Å². The van der Waals surface area contributed by atoms with Crippen molar-refractivity contribution in [3.8, 4) is 29.4 Å². The number of aryl methyl sites for hydroxylation is 1. The van der Waals surface area contributed by atoms with Gasteiger partial charge < -0.3 is 19.1 Å². The molecule has 1 aliphatic rings. The van der Waals surface area contributed by atoms with Crippen molar-refractivity contribution in [3.63, 3.8) is 0 Å². The van der Waals surface area contributed by atoms with Crippen molar-refractivity contribution < 1.29 is 18.4 Å². The second-order valence-electron chi connectivity index (χ2n) is 13.4. The molecular formula is C41H49N5O4P2. The molecule has 2 aromatic carbocycles. The number of nitrogens with one attached hydrogen (secondary N) is 1. The van der Waals surface area contributed by atoms with Crippen molar-refractivity contribution >= 4 is 25.4 Å². The fourth-order valence-corrected chi connectivity index (χ4v) is 7.85. The number of ether oxygens (including phenoxy) is 1. The number of nitrogens with zero attached hydrogens (tertiary/aromatic N) is 4. The van der Waals surface area contributed by atoms with Crippen LogP contribution < -0.4 is 20.9 Å². The third-order valence-electron chi connectivity index (χ3n) is 8.63. The van der Waals surface area contributed by atoms with Crippen molar-refractivity contribution in [1.82, 2.24) is 25.1 Å². The van der Waals surface area contributed by atoms with Gasteiger partial charge in [0.15, 0.2) is 0 Å². The first kappa shape index (κ1) is 39.2. The van der Waals surface area contributed by atoms with Gasteiger partial charge in [-0.25, -0.2) is 9.97 Å². The second-order valence-corrected chi connectivity index (χ2v) is 19.0. The molecule has 0 spiro atoms. The molecule has 1 saturated heterocycles. The van der Waals surface area contributed by atoms with E-state index in [1.165, 1.54) is 5.56 Å². The third kappa shape index (κ3) is 11.7. The molecule has 52 heavy (non-hydrogen) atoms. The summed E-state index contributed by atoms with van der Waals surface area (Å²) in [5, 5.41) is 3.57. The van der Waals surface area contributed by atoms with Gasteiger partial charge >= 0.3 is 0 Å². The summed E-state index contributed by atoms with van der Waals surface area (Å²) >= 11 is 0. The Morgan fingerprint density at radius 2 is 1.17 bits per heavy atom. The minimum Gasteiger partial charge on any atom is -0.497 e. The van der Waals surface area contributed by atoms with E-state index in [1.807, 2.05) is 73.7 Å². The summed E-state index contributed by atoms with van der Waals surface area (Å²) in [6.45, 7) is 15.4. The predicted octanol–water partition coefficient (Wildman–Crippen LogP) is 5.32. The van der Waals surface area contributed by atoms with Crippen LogP contribution in [0.15, 0.2) is 72.8 Å². The van der Waals surface area contributed by atoms with Gasteiger partial charge in [0.2, 0.25) is 7.37 Å². The summed E-state index contributed by atoms with van der Waals surface area (Å²) in [5.74, 6) is 13.8. The fraction of sp³-hybridized carbons (Fsp3) is 0.366. The van der Waals surface area contributed by atoms with Gasteiger partial charge in [0, 0.05) is 81.3 Å².